The van der Waals surface area contributed by atoms with Crippen molar-refractivity contribution in [3.63, 3.8) is 0 Å². The largest absolute Gasteiger partial charge is 0.398 e. The number of nitriles is 1. The van der Waals surface area contributed by atoms with Gasteiger partial charge < -0.3 is 5.73 Å². The Balaban J connectivity index is 2.45. The van der Waals surface area contributed by atoms with Crippen LogP contribution in [-0.2, 0) is 10.0 Å². The Morgan fingerprint density at radius 3 is 2.48 bits per heavy atom. The van der Waals surface area contributed by atoms with Gasteiger partial charge in [-0.25, -0.2) is 8.42 Å². The van der Waals surface area contributed by atoms with Crippen LogP contribution in [0.5, 0.6) is 0 Å². The zero-order chi connectivity index (χ0) is 15.6. The Labute approximate surface area is 124 Å². The zero-order valence-corrected chi connectivity index (χ0v) is 12.5. The highest BCUT2D eigenvalue weighted by molar-refractivity contribution is 7.92. The summed E-state index contributed by atoms with van der Waals surface area (Å²) in [7, 11) is -3.79. The van der Waals surface area contributed by atoms with E-state index < -0.39 is 10.0 Å². The van der Waals surface area contributed by atoms with Gasteiger partial charge in [-0.3, -0.25) is 4.72 Å². The Hall–Kier alpha value is -2.52. The highest BCUT2D eigenvalue weighted by atomic mass is 32.2. The molecule has 2 aromatic rings. The van der Waals surface area contributed by atoms with E-state index in [1.807, 2.05) is 13.0 Å². The van der Waals surface area contributed by atoms with Gasteiger partial charge in [0.25, 0.3) is 10.0 Å². The second-order valence-electron chi connectivity index (χ2n) is 4.79. The van der Waals surface area contributed by atoms with Crippen LogP contribution in [0.3, 0.4) is 0 Å². The number of benzene rings is 2. The molecule has 0 saturated carbocycles. The summed E-state index contributed by atoms with van der Waals surface area (Å²) >= 11 is 0. The quantitative estimate of drug-likeness (QED) is 0.851. The van der Waals surface area contributed by atoms with E-state index in [-0.39, 0.29) is 10.6 Å². The van der Waals surface area contributed by atoms with Gasteiger partial charge in [0.15, 0.2) is 0 Å². The molecule has 0 amide bonds. The molecule has 0 saturated heterocycles. The first-order valence-corrected chi connectivity index (χ1v) is 7.71. The third-order valence-corrected chi connectivity index (χ3v) is 4.51. The number of hydrogen-bond donors (Lipinski definition) is 2. The fraction of sp³-hybridized carbons (Fsp3) is 0.133. The van der Waals surface area contributed by atoms with Gasteiger partial charge in [0.2, 0.25) is 0 Å². The lowest BCUT2D eigenvalue weighted by Crippen LogP contribution is -2.15. The van der Waals surface area contributed by atoms with E-state index in [9.17, 15) is 8.42 Å². The van der Waals surface area contributed by atoms with Crippen molar-refractivity contribution in [2.45, 2.75) is 18.7 Å². The van der Waals surface area contributed by atoms with Crippen LogP contribution in [0.4, 0.5) is 11.4 Å². The molecule has 21 heavy (non-hydrogen) atoms. The van der Waals surface area contributed by atoms with Crippen LogP contribution >= 0.6 is 0 Å². The van der Waals surface area contributed by atoms with Crippen molar-refractivity contribution in [1.82, 2.24) is 0 Å². The van der Waals surface area contributed by atoms with Crippen LogP contribution in [0.2, 0.25) is 0 Å². The molecule has 5 nitrogen and oxygen atoms in total. The molecule has 0 aliphatic heterocycles. The molecule has 0 heterocycles. The number of nitrogens with two attached hydrogens (primary N) is 1. The van der Waals surface area contributed by atoms with Crippen molar-refractivity contribution >= 4 is 21.4 Å². The predicted octanol–water partition coefficient (Wildman–Crippen LogP) is 2.56. The minimum Gasteiger partial charge on any atom is -0.398 e. The smallest absolute Gasteiger partial charge is 0.263 e. The SMILES string of the molecule is Cc1ccc(S(=O)(=O)Nc2cc(C#N)ccc2C)c(N)c1. The van der Waals surface area contributed by atoms with E-state index in [0.29, 0.717) is 11.3 Å². The minimum atomic E-state index is -3.79. The maximum atomic E-state index is 12.4. The molecule has 0 unspecified atom stereocenters. The number of anilines is 2. The summed E-state index contributed by atoms with van der Waals surface area (Å²) in [6, 6.07) is 11.6. The molecule has 0 aliphatic rings. The standard InChI is InChI=1S/C15H15N3O2S/c1-10-3-6-15(13(17)7-10)21(19,20)18-14-8-12(9-16)5-4-11(14)2/h3-8,18H,17H2,1-2H3. The third kappa shape index (κ3) is 3.15. The van der Waals surface area contributed by atoms with Crippen molar-refractivity contribution < 1.29 is 8.42 Å². The fourth-order valence-electron chi connectivity index (χ4n) is 1.91. The van der Waals surface area contributed by atoms with Gasteiger partial charge in [0, 0.05) is 0 Å². The second kappa shape index (κ2) is 5.46. The monoisotopic (exact) mass is 301 g/mol. The number of aryl methyl sites for hydroxylation is 2. The number of hydrogen-bond acceptors (Lipinski definition) is 4. The lowest BCUT2D eigenvalue weighted by atomic mass is 10.1. The molecule has 108 valence electrons. The minimum absolute atomic E-state index is 0.0230. The predicted molar refractivity (Wildman–Crippen MR) is 82.3 cm³/mol. The Kier molecular flexibility index (Phi) is 3.87. The van der Waals surface area contributed by atoms with E-state index >= 15 is 0 Å². The molecular formula is C15H15N3O2S. The molecule has 3 N–H and O–H groups in total. The highest BCUT2D eigenvalue weighted by Gasteiger charge is 2.18. The maximum Gasteiger partial charge on any atom is 0.263 e. The number of nitrogens with one attached hydrogen (secondary N) is 1. The normalized spacial score (nSPS) is 10.9. The molecular weight excluding hydrogens is 286 g/mol. The molecule has 0 spiro atoms. The van der Waals surface area contributed by atoms with Crippen molar-refractivity contribution in [3.8, 4) is 6.07 Å². The summed E-state index contributed by atoms with van der Waals surface area (Å²) in [5, 5.41) is 8.90. The van der Waals surface area contributed by atoms with Gasteiger partial charge in [0.05, 0.1) is 23.0 Å². The van der Waals surface area contributed by atoms with Gasteiger partial charge in [-0.15, -0.1) is 0 Å². The van der Waals surface area contributed by atoms with Gasteiger partial charge >= 0.3 is 0 Å². The summed E-state index contributed by atoms with van der Waals surface area (Å²) in [6.07, 6.45) is 0. The summed E-state index contributed by atoms with van der Waals surface area (Å²) < 4.78 is 27.3. The summed E-state index contributed by atoms with van der Waals surface area (Å²) in [5.74, 6) is 0. The van der Waals surface area contributed by atoms with E-state index in [1.165, 1.54) is 12.1 Å². The second-order valence-corrected chi connectivity index (χ2v) is 6.44. The molecule has 6 heteroatoms. The Bertz CT molecular complexity index is 836. The first kappa shape index (κ1) is 14.9. The summed E-state index contributed by atoms with van der Waals surface area (Å²) in [4.78, 5) is 0.0230. The molecule has 0 bridgehead atoms. The zero-order valence-electron chi connectivity index (χ0n) is 11.7. The van der Waals surface area contributed by atoms with Crippen LogP contribution in [0.25, 0.3) is 0 Å². The third-order valence-electron chi connectivity index (χ3n) is 3.07. The molecule has 2 aromatic carbocycles. The van der Waals surface area contributed by atoms with Crippen LogP contribution in [-0.4, -0.2) is 8.42 Å². The fourth-order valence-corrected chi connectivity index (χ4v) is 3.15. The van der Waals surface area contributed by atoms with E-state index in [1.54, 1.807) is 31.2 Å². The topological polar surface area (TPSA) is 96.0 Å². The Morgan fingerprint density at radius 1 is 1.14 bits per heavy atom. The summed E-state index contributed by atoms with van der Waals surface area (Å²) in [6.45, 7) is 3.60. The maximum absolute atomic E-state index is 12.4. The van der Waals surface area contributed by atoms with E-state index in [4.69, 9.17) is 11.0 Å². The molecule has 0 radical (unpaired) electrons. The Morgan fingerprint density at radius 2 is 1.86 bits per heavy atom. The highest BCUT2D eigenvalue weighted by Crippen LogP contribution is 2.24. The summed E-state index contributed by atoms with van der Waals surface area (Å²) in [5.41, 5.74) is 8.34. The van der Waals surface area contributed by atoms with Crippen LogP contribution in [0.1, 0.15) is 16.7 Å². The van der Waals surface area contributed by atoms with E-state index in [2.05, 4.69) is 4.72 Å². The lowest BCUT2D eigenvalue weighted by Gasteiger charge is -2.12. The molecule has 0 aromatic heterocycles. The van der Waals surface area contributed by atoms with E-state index in [0.717, 1.165) is 11.1 Å². The number of rotatable bonds is 3. The first-order chi connectivity index (χ1) is 9.83. The average molecular weight is 301 g/mol. The number of nitrogens with zero attached hydrogens (tertiary/aromatic N) is 1. The van der Waals surface area contributed by atoms with Crippen LogP contribution in [0, 0.1) is 25.2 Å². The number of sulfonamides is 1. The molecule has 0 atom stereocenters. The van der Waals surface area contributed by atoms with Crippen molar-refractivity contribution in [2.75, 3.05) is 10.5 Å². The average Bonchev–Trinajstić information content (AvgIpc) is 2.40. The molecule has 0 aliphatic carbocycles. The van der Waals surface area contributed by atoms with Gasteiger partial charge in [-0.05, 0) is 49.2 Å². The van der Waals surface area contributed by atoms with Crippen molar-refractivity contribution in [3.05, 3.63) is 53.1 Å². The van der Waals surface area contributed by atoms with Crippen molar-refractivity contribution in [1.29, 1.82) is 5.26 Å². The van der Waals surface area contributed by atoms with Gasteiger partial charge in [-0.1, -0.05) is 12.1 Å². The van der Waals surface area contributed by atoms with Crippen LogP contribution < -0.4 is 10.5 Å². The van der Waals surface area contributed by atoms with Gasteiger partial charge in [0.1, 0.15) is 4.90 Å². The molecule has 2 rings (SSSR count). The van der Waals surface area contributed by atoms with Gasteiger partial charge in [-0.2, -0.15) is 5.26 Å². The number of nitrogen functional groups attached to an aromatic ring is 1. The molecule has 0 fully saturated rings. The van der Waals surface area contributed by atoms with Crippen LogP contribution in [0.15, 0.2) is 41.3 Å². The van der Waals surface area contributed by atoms with Crippen molar-refractivity contribution in [2.24, 2.45) is 0 Å². The first-order valence-electron chi connectivity index (χ1n) is 6.23. The lowest BCUT2D eigenvalue weighted by molar-refractivity contribution is 0.601.